The van der Waals surface area contributed by atoms with Gasteiger partial charge in [0.25, 0.3) is 0 Å². The first-order chi connectivity index (χ1) is 7.42. The molecule has 0 heterocycles. The minimum atomic E-state index is -4.74. The average Bonchev–Trinajstić information content (AvgIpc) is 2.14. The molecule has 0 spiro atoms. The molecule has 0 N–H and O–H groups in total. The molecule has 1 radical (unpaired) electrons. The molecule has 0 saturated heterocycles. The Bertz CT molecular complexity index is 388. The number of halogens is 4. The van der Waals surface area contributed by atoms with Crippen molar-refractivity contribution in [1.82, 2.24) is 0 Å². The van der Waals surface area contributed by atoms with Gasteiger partial charge in [-0.25, -0.2) is 5.11 Å². The minimum absolute atomic E-state index is 0.0893. The highest BCUT2D eigenvalue weighted by molar-refractivity contribution is 6.32. The Morgan fingerprint density at radius 3 is 2.56 bits per heavy atom. The third-order valence-corrected chi connectivity index (χ3v) is 1.93. The highest BCUT2D eigenvalue weighted by Gasteiger charge is 2.31. The minimum Gasteiger partial charge on any atom is -0.406 e. The van der Waals surface area contributed by atoms with Crippen molar-refractivity contribution in [2.45, 2.75) is 6.36 Å². The van der Waals surface area contributed by atoms with Crippen LogP contribution in [-0.2, 0) is 5.11 Å². The Hall–Kier alpha value is -1.20. The Kier molecular flexibility index (Phi) is 4.20. The molecule has 6 heteroatoms. The van der Waals surface area contributed by atoms with Crippen LogP contribution in [0.3, 0.4) is 0 Å². The average molecular weight is 252 g/mol. The summed E-state index contributed by atoms with van der Waals surface area (Å²) in [6.07, 6.45) is -1.99. The predicted molar refractivity (Wildman–Crippen MR) is 52.7 cm³/mol. The summed E-state index contributed by atoms with van der Waals surface area (Å²) in [5, 5.41) is 10.3. The summed E-state index contributed by atoms with van der Waals surface area (Å²) in [4.78, 5) is 0. The third-order valence-electron chi connectivity index (χ3n) is 1.60. The molecule has 0 atom stereocenters. The van der Waals surface area contributed by atoms with E-state index in [0.29, 0.717) is 5.56 Å². The van der Waals surface area contributed by atoms with E-state index in [9.17, 15) is 18.3 Å². The van der Waals surface area contributed by atoms with E-state index in [2.05, 4.69) is 4.74 Å². The zero-order valence-corrected chi connectivity index (χ0v) is 8.68. The molecule has 0 bridgehead atoms. The van der Waals surface area contributed by atoms with Crippen molar-refractivity contribution in [1.29, 1.82) is 0 Å². The van der Waals surface area contributed by atoms with Gasteiger partial charge in [-0.3, -0.25) is 0 Å². The van der Waals surface area contributed by atoms with Gasteiger partial charge < -0.3 is 4.74 Å². The smallest absolute Gasteiger partial charge is 0.406 e. The first-order valence-electron chi connectivity index (χ1n) is 4.22. The molecule has 0 aliphatic rings. The maximum Gasteiger partial charge on any atom is 0.573 e. The zero-order valence-electron chi connectivity index (χ0n) is 7.92. The van der Waals surface area contributed by atoms with E-state index in [1.165, 1.54) is 18.2 Å². The van der Waals surface area contributed by atoms with Gasteiger partial charge in [-0.15, -0.1) is 13.2 Å². The van der Waals surface area contributed by atoms with E-state index in [1.54, 1.807) is 0 Å². The molecule has 0 unspecified atom stereocenters. The number of alkyl halides is 3. The quantitative estimate of drug-likeness (QED) is 0.806. The van der Waals surface area contributed by atoms with Gasteiger partial charge in [0, 0.05) is 0 Å². The third kappa shape index (κ3) is 4.12. The lowest BCUT2D eigenvalue weighted by molar-refractivity contribution is -0.274. The summed E-state index contributed by atoms with van der Waals surface area (Å²) >= 11 is 5.69. The topological polar surface area (TPSA) is 29.1 Å². The predicted octanol–water partition coefficient (Wildman–Crippen LogP) is 3.68. The summed E-state index contributed by atoms with van der Waals surface area (Å²) < 4.78 is 39.2. The Morgan fingerprint density at radius 1 is 1.38 bits per heavy atom. The fraction of sp³-hybridized carbons (Fsp3) is 0.200. The monoisotopic (exact) mass is 251 g/mol. The van der Waals surface area contributed by atoms with Crippen molar-refractivity contribution >= 4 is 17.7 Å². The lowest BCUT2D eigenvalue weighted by atomic mass is 10.2. The Balaban J connectivity index is 2.87. The lowest BCUT2D eigenvalue weighted by Crippen LogP contribution is -2.17. The van der Waals surface area contributed by atoms with E-state index in [1.807, 2.05) is 0 Å². The van der Waals surface area contributed by atoms with Crippen LogP contribution in [0, 0.1) is 0 Å². The number of benzene rings is 1. The van der Waals surface area contributed by atoms with Gasteiger partial charge in [0.15, 0.2) is 0 Å². The summed E-state index contributed by atoms with van der Waals surface area (Å²) in [5.74, 6) is -0.392. The van der Waals surface area contributed by atoms with Crippen molar-refractivity contribution in [2.24, 2.45) is 0 Å². The second-order valence-electron chi connectivity index (χ2n) is 2.80. The maximum atomic E-state index is 11.9. The molecule has 1 rings (SSSR count). The second kappa shape index (κ2) is 5.23. The van der Waals surface area contributed by atoms with E-state index >= 15 is 0 Å². The van der Waals surface area contributed by atoms with Gasteiger partial charge in [-0.05, 0) is 23.8 Å². The van der Waals surface area contributed by atoms with Gasteiger partial charge in [0.05, 0.1) is 5.02 Å². The van der Waals surface area contributed by atoms with Crippen molar-refractivity contribution in [3.63, 3.8) is 0 Å². The van der Waals surface area contributed by atoms with Crippen molar-refractivity contribution in [3.8, 4) is 5.75 Å². The van der Waals surface area contributed by atoms with Gasteiger partial charge in [0.1, 0.15) is 12.4 Å². The van der Waals surface area contributed by atoms with Crippen LogP contribution >= 0.6 is 11.6 Å². The van der Waals surface area contributed by atoms with Crippen LogP contribution < -0.4 is 4.74 Å². The van der Waals surface area contributed by atoms with Crippen molar-refractivity contribution in [2.75, 3.05) is 6.61 Å². The number of hydrogen-bond acceptors (Lipinski definition) is 1. The lowest BCUT2D eigenvalue weighted by Gasteiger charge is -2.09. The molecular weight excluding hydrogens is 245 g/mol. The van der Waals surface area contributed by atoms with Gasteiger partial charge in [-0.2, -0.15) is 0 Å². The zero-order chi connectivity index (χ0) is 12.2. The van der Waals surface area contributed by atoms with E-state index in [4.69, 9.17) is 11.6 Å². The largest absolute Gasteiger partial charge is 0.573 e. The fourth-order valence-corrected chi connectivity index (χ4v) is 1.25. The SMILES string of the molecule is [O]CC=Cc1ccc(OC(F)(F)F)cc1Cl. The van der Waals surface area contributed by atoms with E-state index in [0.717, 1.165) is 12.1 Å². The summed E-state index contributed by atoms with van der Waals surface area (Å²) in [5.41, 5.74) is 0.465. The summed E-state index contributed by atoms with van der Waals surface area (Å²) in [7, 11) is 0. The van der Waals surface area contributed by atoms with Crippen LogP contribution in [0.25, 0.3) is 6.08 Å². The Labute approximate surface area is 94.9 Å². The molecule has 87 valence electrons. The normalized spacial score (nSPS) is 12.1. The van der Waals surface area contributed by atoms with Gasteiger partial charge in [0.2, 0.25) is 0 Å². The fourth-order valence-electron chi connectivity index (χ4n) is 1.02. The van der Waals surface area contributed by atoms with E-state index in [-0.39, 0.29) is 5.02 Å². The molecule has 0 fully saturated rings. The molecule has 1 aromatic rings. The molecular formula is C10H7ClF3O2. The molecule has 16 heavy (non-hydrogen) atoms. The van der Waals surface area contributed by atoms with Crippen molar-refractivity contribution < 1.29 is 23.0 Å². The number of ether oxygens (including phenoxy) is 1. The highest BCUT2D eigenvalue weighted by atomic mass is 35.5. The number of hydrogen-bond donors (Lipinski definition) is 0. The van der Waals surface area contributed by atoms with Crippen LogP contribution in [0.2, 0.25) is 5.02 Å². The van der Waals surface area contributed by atoms with Crippen molar-refractivity contribution in [3.05, 3.63) is 34.9 Å². The first kappa shape index (κ1) is 12.9. The molecule has 2 nitrogen and oxygen atoms in total. The Morgan fingerprint density at radius 2 is 2.06 bits per heavy atom. The van der Waals surface area contributed by atoms with Gasteiger partial charge >= 0.3 is 6.36 Å². The summed E-state index contributed by atoms with van der Waals surface area (Å²) in [6.45, 7) is -0.420. The van der Waals surface area contributed by atoms with Crippen LogP contribution in [0.15, 0.2) is 24.3 Å². The van der Waals surface area contributed by atoms with Crippen LogP contribution in [0.4, 0.5) is 13.2 Å². The first-order valence-corrected chi connectivity index (χ1v) is 4.60. The second-order valence-corrected chi connectivity index (χ2v) is 3.21. The maximum absolute atomic E-state index is 11.9. The molecule has 1 aromatic carbocycles. The molecule has 0 aliphatic heterocycles. The van der Waals surface area contributed by atoms with Crippen LogP contribution in [-0.4, -0.2) is 13.0 Å². The summed E-state index contributed by atoms with van der Waals surface area (Å²) in [6, 6.07) is 3.51. The molecule has 0 saturated carbocycles. The molecule has 0 aromatic heterocycles. The van der Waals surface area contributed by atoms with Crippen LogP contribution in [0.1, 0.15) is 5.56 Å². The van der Waals surface area contributed by atoms with Crippen LogP contribution in [0.5, 0.6) is 5.75 Å². The standard InChI is InChI=1S/C10H7ClF3O2/c11-9-6-8(16-10(12,13)14)4-3-7(9)2-1-5-15/h1-4,6H,5H2. The highest BCUT2D eigenvalue weighted by Crippen LogP contribution is 2.28. The van der Waals surface area contributed by atoms with E-state index < -0.39 is 18.7 Å². The number of rotatable bonds is 3. The molecule has 0 amide bonds. The molecule has 0 aliphatic carbocycles. The van der Waals surface area contributed by atoms with Gasteiger partial charge in [-0.1, -0.05) is 23.8 Å².